The summed E-state index contributed by atoms with van der Waals surface area (Å²) in [5, 5.41) is 11.2. The minimum absolute atomic E-state index is 0.0198. The van der Waals surface area contributed by atoms with Crippen molar-refractivity contribution in [2.75, 3.05) is 26.2 Å². The molecule has 0 aromatic rings. The molecule has 2 aliphatic heterocycles. The molecule has 6 aliphatic rings. The number of carbonyl (C=O) groups is 2. The molecule has 2 heterocycles. The number of piperidine rings is 2. The van der Waals surface area contributed by atoms with Crippen LogP contribution in [0, 0.1) is 34.5 Å². The summed E-state index contributed by atoms with van der Waals surface area (Å²) >= 11 is 0. The summed E-state index contributed by atoms with van der Waals surface area (Å²) in [6.45, 7) is 10.6. The number of esters is 1. The minimum Gasteiger partial charge on any atom is -0.460 e. The van der Waals surface area contributed by atoms with Gasteiger partial charge in [0.15, 0.2) is 0 Å². The Bertz CT molecular complexity index is 878. The number of nitrogens with zero attached hydrogens (tertiary/aromatic N) is 2. The topological polar surface area (TPSA) is 70.1 Å². The number of hydrogen-bond acceptors (Lipinski definition) is 6. The van der Waals surface area contributed by atoms with Crippen LogP contribution in [0.15, 0.2) is 0 Å². The first-order valence-electron chi connectivity index (χ1n) is 15.6. The smallest absolute Gasteiger partial charge is 0.302 e. The number of ether oxygens (including phenoxy) is 1. The Balaban J connectivity index is 1.26. The Kier molecular flexibility index (Phi) is 7.02. The average molecular weight is 515 g/mol. The third-order valence-electron chi connectivity index (χ3n) is 12.6. The molecule has 6 nitrogen and oxygen atoms in total. The summed E-state index contributed by atoms with van der Waals surface area (Å²) in [6.07, 6.45) is 12.9. The minimum atomic E-state index is -0.264. The fourth-order valence-electron chi connectivity index (χ4n) is 10.7. The number of likely N-dealkylation sites (tertiary alicyclic amines) is 2. The quantitative estimate of drug-likeness (QED) is 0.562. The number of ketones is 1. The van der Waals surface area contributed by atoms with Crippen LogP contribution in [0.3, 0.4) is 0 Å². The van der Waals surface area contributed by atoms with Gasteiger partial charge in [0.1, 0.15) is 11.9 Å². The Morgan fingerprint density at radius 1 is 0.892 bits per heavy atom. The lowest BCUT2D eigenvalue weighted by Crippen LogP contribution is -2.60. The predicted molar refractivity (Wildman–Crippen MR) is 143 cm³/mol. The SMILES string of the molecule is CC(=O)O[C@H]1[C@@H](N2CCCCC2)C[C@H]2[C@@H]3CC[C@H]4C[C@H](O)[C@@H](N5CCC(=O)CC5)C[C@]4(C)[C@H]3CC[C@@]21C. The third-order valence-corrected chi connectivity index (χ3v) is 12.6. The summed E-state index contributed by atoms with van der Waals surface area (Å²) in [4.78, 5) is 29.3. The molecule has 208 valence electrons. The van der Waals surface area contributed by atoms with Crippen molar-refractivity contribution in [3.8, 4) is 0 Å². The lowest BCUT2D eigenvalue weighted by Gasteiger charge is -2.62. The molecule has 2 saturated heterocycles. The Labute approximate surface area is 223 Å². The van der Waals surface area contributed by atoms with Crippen molar-refractivity contribution in [2.45, 2.75) is 122 Å². The number of rotatable bonds is 3. The molecule has 0 amide bonds. The van der Waals surface area contributed by atoms with Crippen molar-refractivity contribution in [2.24, 2.45) is 34.5 Å². The molecule has 6 heteroatoms. The first-order chi connectivity index (χ1) is 17.7. The summed E-state index contributed by atoms with van der Waals surface area (Å²) in [5.41, 5.74) is 0.314. The molecule has 10 atom stereocenters. The van der Waals surface area contributed by atoms with E-state index in [0.717, 1.165) is 45.4 Å². The molecular weight excluding hydrogens is 464 g/mol. The monoisotopic (exact) mass is 514 g/mol. The van der Waals surface area contributed by atoms with Gasteiger partial charge >= 0.3 is 5.97 Å². The highest BCUT2D eigenvalue weighted by molar-refractivity contribution is 5.79. The van der Waals surface area contributed by atoms with Crippen molar-refractivity contribution in [3.63, 3.8) is 0 Å². The number of Topliss-reactive ketones (excluding diaryl/α,β-unsaturated/α-hetero) is 1. The third kappa shape index (κ3) is 4.41. The van der Waals surface area contributed by atoms with Crippen LogP contribution in [0.2, 0.25) is 0 Å². The Morgan fingerprint density at radius 2 is 1.59 bits per heavy atom. The maximum absolute atomic E-state index is 12.3. The van der Waals surface area contributed by atoms with Crippen LogP contribution in [-0.4, -0.2) is 77.1 Å². The largest absolute Gasteiger partial charge is 0.460 e. The summed E-state index contributed by atoms with van der Waals surface area (Å²) in [7, 11) is 0. The number of aliphatic hydroxyl groups excluding tert-OH is 1. The highest BCUT2D eigenvalue weighted by Gasteiger charge is 2.64. The van der Waals surface area contributed by atoms with Crippen LogP contribution in [0.1, 0.15) is 97.8 Å². The van der Waals surface area contributed by atoms with E-state index < -0.39 is 0 Å². The molecule has 1 N–H and O–H groups in total. The van der Waals surface area contributed by atoms with Gasteiger partial charge in [-0.2, -0.15) is 0 Å². The summed E-state index contributed by atoms with van der Waals surface area (Å²) in [5.74, 6) is 2.84. The fraction of sp³-hybridized carbons (Fsp3) is 0.935. The molecule has 0 aromatic carbocycles. The number of aliphatic hydroxyl groups is 1. The van der Waals surface area contributed by atoms with Crippen molar-refractivity contribution in [1.29, 1.82) is 0 Å². The summed E-state index contributed by atoms with van der Waals surface area (Å²) < 4.78 is 6.23. The molecule has 0 radical (unpaired) electrons. The van der Waals surface area contributed by atoms with E-state index in [1.54, 1.807) is 6.92 Å². The Hall–Kier alpha value is -0.980. The molecule has 37 heavy (non-hydrogen) atoms. The van der Waals surface area contributed by atoms with Crippen LogP contribution in [0.25, 0.3) is 0 Å². The van der Waals surface area contributed by atoms with E-state index >= 15 is 0 Å². The molecule has 4 aliphatic carbocycles. The molecular formula is C31H50N2O4. The van der Waals surface area contributed by atoms with E-state index in [1.165, 1.54) is 44.9 Å². The maximum Gasteiger partial charge on any atom is 0.302 e. The first-order valence-corrected chi connectivity index (χ1v) is 15.6. The van der Waals surface area contributed by atoms with Crippen molar-refractivity contribution >= 4 is 11.8 Å². The van der Waals surface area contributed by atoms with Gasteiger partial charge in [0.25, 0.3) is 0 Å². The van der Waals surface area contributed by atoms with Gasteiger partial charge in [0, 0.05) is 50.4 Å². The van der Waals surface area contributed by atoms with Crippen LogP contribution < -0.4 is 0 Å². The normalized spacial score (nSPS) is 49.1. The fourth-order valence-corrected chi connectivity index (χ4v) is 10.7. The van der Waals surface area contributed by atoms with Gasteiger partial charge in [0.05, 0.1) is 6.10 Å². The van der Waals surface area contributed by atoms with Crippen LogP contribution in [0.4, 0.5) is 0 Å². The van der Waals surface area contributed by atoms with E-state index in [-0.39, 0.29) is 35.0 Å². The van der Waals surface area contributed by atoms with Crippen LogP contribution in [0.5, 0.6) is 0 Å². The van der Waals surface area contributed by atoms with E-state index in [0.29, 0.717) is 48.3 Å². The predicted octanol–water partition coefficient (Wildman–Crippen LogP) is 4.43. The highest BCUT2D eigenvalue weighted by Crippen LogP contribution is 2.67. The van der Waals surface area contributed by atoms with E-state index in [1.807, 2.05) is 0 Å². The molecule has 0 unspecified atom stereocenters. The second-order valence-electron chi connectivity index (χ2n) is 14.3. The maximum atomic E-state index is 12.3. The van der Waals surface area contributed by atoms with E-state index in [2.05, 4.69) is 23.6 Å². The standard InChI is InChI=1S/C31H50N2O4/c1-20(34)37-29-26(32-13-5-4-6-14-32)18-25-23-8-7-21-17-28(36)27(33-15-10-22(35)11-16-33)19-31(21,3)24(23)9-12-30(25,29)2/h21,23-29,36H,4-19H2,1-3H3/t21-,23+,24-,25-,26-,27-,28-,29-,30-,31-/m0/s1. The summed E-state index contributed by atoms with van der Waals surface area (Å²) in [6, 6.07) is 0.565. The van der Waals surface area contributed by atoms with Gasteiger partial charge in [0.2, 0.25) is 0 Å². The Morgan fingerprint density at radius 3 is 2.30 bits per heavy atom. The molecule has 6 rings (SSSR count). The zero-order valence-electron chi connectivity index (χ0n) is 23.5. The zero-order valence-corrected chi connectivity index (χ0v) is 23.5. The second-order valence-corrected chi connectivity index (χ2v) is 14.3. The van der Waals surface area contributed by atoms with Crippen LogP contribution >= 0.6 is 0 Å². The lowest BCUT2D eigenvalue weighted by molar-refractivity contribution is -0.171. The molecule has 0 aromatic heterocycles. The second kappa shape index (κ2) is 9.89. The number of carbonyl (C=O) groups excluding carboxylic acids is 2. The molecule has 4 saturated carbocycles. The molecule has 0 bridgehead atoms. The van der Waals surface area contributed by atoms with E-state index in [9.17, 15) is 14.7 Å². The van der Waals surface area contributed by atoms with Gasteiger partial charge in [-0.15, -0.1) is 0 Å². The van der Waals surface area contributed by atoms with Gasteiger partial charge in [-0.1, -0.05) is 20.3 Å². The van der Waals surface area contributed by atoms with E-state index in [4.69, 9.17) is 4.74 Å². The van der Waals surface area contributed by atoms with Crippen molar-refractivity contribution in [3.05, 3.63) is 0 Å². The van der Waals surface area contributed by atoms with Crippen LogP contribution in [-0.2, 0) is 14.3 Å². The zero-order chi connectivity index (χ0) is 25.9. The van der Waals surface area contributed by atoms with Gasteiger partial charge in [-0.3, -0.25) is 19.4 Å². The van der Waals surface area contributed by atoms with Gasteiger partial charge in [-0.05, 0) is 100.0 Å². The average Bonchev–Trinajstić information content (AvgIpc) is 3.17. The van der Waals surface area contributed by atoms with Crippen molar-refractivity contribution in [1.82, 2.24) is 9.80 Å². The number of fused-ring (bicyclic) bond motifs is 5. The first kappa shape index (κ1) is 26.3. The highest BCUT2D eigenvalue weighted by atomic mass is 16.5. The molecule has 0 spiro atoms. The number of hydrogen-bond donors (Lipinski definition) is 1. The van der Waals surface area contributed by atoms with Gasteiger partial charge in [-0.25, -0.2) is 0 Å². The van der Waals surface area contributed by atoms with Crippen molar-refractivity contribution < 1.29 is 19.4 Å². The van der Waals surface area contributed by atoms with Gasteiger partial charge < -0.3 is 9.84 Å². The lowest BCUT2D eigenvalue weighted by atomic mass is 9.44. The molecule has 6 fully saturated rings.